The van der Waals surface area contributed by atoms with Gasteiger partial charge in [-0.25, -0.2) is 13.8 Å². The molecule has 1 saturated heterocycles. The van der Waals surface area contributed by atoms with Gasteiger partial charge in [0.1, 0.15) is 65.7 Å². The van der Waals surface area contributed by atoms with Crippen molar-refractivity contribution in [3.63, 3.8) is 0 Å². The van der Waals surface area contributed by atoms with Crippen molar-refractivity contribution in [2.75, 3.05) is 31.1 Å². The Kier molecular flexibility index (Phi) is 26.2. The molecule has 10 amide bonds. The Labute approximate surface area is 580 Å². The number of carboxylic acid groups (broad SMARTS) is 1. The molecule has 9 rings (SSSR count). The van der Waals surface area contributed by atoms with Gasteiger partial charge in [0.05, 0.1) is 25.0 Å². The first-order chi connectivity index (χ1) is 48.1. The maximum Gasteiger partial charge on any atom is 0.305 e. The molecule has 100 heavy (non-hydrogen) atoms. The molecule has 0 spiro atoms. The van der Waals surface area contributed by atoms with Crippen LogP contribution in [0.2, 0.25) is 0 Å². The number of rotatable bonds is 15. The summed E-state index contributed by atoms with van der Waals surface area (Å²) in [7, 11) is 0. The van der Waals surface area contributed by atoms with Crippen LogP contribution in [0.3, 0.4) is 0 Å². The fraction of sp³-hybridized carbons (Fsp3) is 0.382. The summed E-state index contributed by atoms with van der Waals surface area (Å²) in [6, 6.07) is 8.85. The number of halogens is 2. The molecule has 8 atom stereocenters. The van der Waals surface area contributed by atoms with Gasteiger partial charge in [-0.1, -0.05) is 36.4 Å². The molecule has 7 aromatic rings. The van der Waals surface area contributed by atoms with Crippen LogP contribution in [0.15, 0.2) is 110 Å². The molecule has 0 aliphatic carbocycles. The summed E-state index contributed by atoms with van der Waals surface area (Å²) in [6.07, 6.45) is 4.56. The molecule has 3 aromatic heterocycles. The summed E-state index contributed by atoms with van der Waals surface area (Å²) in [5.41, 5.74) is 15.5. The number of fused-ring (bicyclic) bond motifs is 5. The van der Waals surface area contributed by atoms with E-state index < -0.39 is 151 Å². The van der Waals surface area contributed by atoms with Crippen molar-refractivity contribution in [3.8, 4) is 5.75 Å². The van der Waals surface area contributed by atoms with E-state index in [2.05, 4.69) is 62.5 Å². The van der Waals surface area contributed by atoms with Crippen molar-refractivity contribution >= 4 is 110 Å². The molecule has 2 aliphatic heterocycles. The molecule has 2 bridgehead atoms. The molecular weight excluding hydrogens is 1340 g/mol. The number of carbonyl (C=O) groups is 11. The predicted octanol–water partition coefficient (Wildman–Crippen LogP) is 1.79. The topological polar surface area (TPSA) is 440 Å². The number of unbranched alkanes of at least 4 members (excludes halogenated alkanes) is 1. The number of hydrogen-bond acceptors (Lipinski definition) is 16. The second-order valence-corrected chi connectivity index (χ2v) is 26.6. The number of nitrogens with one attached hydrogen (secondary N) is 11. The number of carboxylic acids is 1. The summed E-state index contributed by atoms with van der Waals surface area (Å²) in [5, 5.41) is 42.0. The summed E-state index contributed by atoms with van der Waals surface area (Å²) >= 11 is 2.79. The van der Waals surface area contributed by atoms with E-state index in [4.69, 9.17) is 11.5 Å². The number of phenols is 1. The van der Waals surface area contributed by atoms with Crippen molar-refractivity contribution in [3.05, 3.63) is 155 Å². The smallest absolute Gasteiger partial charge is 0.305 e. The Morgan fingerprint density at radius 2 is 1.21 bits per heavy atom. The fourth-order valence-electron chi connectivity index (χ4n) is 11.8. The number of hydrogen-bond donors (Lipinski definition) is 15. The lowest BCUT2D eigenvalue weighted by Gasteiger charge is -2.31. The van der Waals surface area contributed by atoms with Gasteiger partial charge in [-0.05, 0) is 115 Å². The van der Waals surface area contributed by atoms with Gasteiger partial charge >= 0.3 is 5.97 Å². The van der Waals surface area contributed by atoms with Gasteiger partial charge in [0.2, 0.25) is 59.1 Å². The number of aromatic nitrogens is 4. The number of phenolic OH excluding ortho intramolecular Hbond substituents is 1. The fourth-order valence-corrected chi connectivity index (χ4v) is 13.8. The van der Waals surface area contributed by atoms with Crippen LogP contribution in [0.4, 0.5) is 8.78 Å². The van der Waals surface area contributed by atoms with Crippen molar-refractivity contribution in [2.45, 2.75) is 130 Å². The van der Waals surface area contributed by atoms with Crippen LogP contribution in [0.25, 0.3) is 21.8 Å². The quantitative estimate of drug-likeness (QED) is 0.0651. The lowest BCUT2D eigenvalue weighted by atomic mass is 10.0. The zero-order chi connectivity index (χ0) is 71.4. The Hall–Kier alpha value is -10.3. The average Bonchev–Trinajstić information content (AvgIpc) is 1.64. The van der Waals surface area contributed by atoms with Gasteiger partial charge in [-0.3, -0.25) is 52.7 Å². The maximum atomic E-state index is 15.0. The normalized spacial score (nSPS) is 22.1. The molecule has 0 unspecified atom stereocenters. The van der Waals surface area contributed by atoms with Crippen molar-refractivity contribution in [2.24, 2.45) is 11.5 Å². The number of aliphatic carboxylic acids is 1. The largest absolute Gasteiger partial charge is 0.508 e. The third-order valence-electron chi connectivity index (χ3n) is 17.0. The number of primary amides is 1. The Bertz CT molecular complexity index is 4100. The third-order valence-corrected chi connectivity index (χ3v) is 19.1. The minimum atomic E-state index is -2.05. The molecule has 5 heterocycles. The van der Waals surface area contributed by atoms with Gasteiger partial charge in [-0.2, -0.15) is 23.5 Å². The summed E-state index contributed by atoms with van der Waals surface area (Å²) < 4.78 is 29.8. The minimum absolute atomic E-state index is 0.0104. The Morgan fingerprint density at radius 1 is 0.620 bits per heavy atom. The van der Waals surface area contributed by atoms with Crippen LogP contribution in [0, 0.1) is 11.6 Å². The highest BCUT2D eigenvalue weighted by Gasteiger charge is 2.41. The van der Waals surface area contributed by atoms with E-state index in [9.17, 15) is 57.4 Å². The molecule has 2 aliphatic rings. The highest BCUT2D eigenvalue weighted by Crippen LogP contribution is 2.26. The van der Waals surface area contributed by atoms with Crippen LogP contribution in [0.1, 0.15) is 78.5 Å². The van der Waals surface area contributed by atoms with Gasteiger partial charge in [0.25, 0.3) is 0 Å². The maximum absolute atomic E-state index is 15.0. The lowest BCUT2D eigenvalue weighted by molar-refractivity contribution is -0.143. The van der Waals surface area contributed by atoms with Gasteiger partial charge in [0.15, 0.2) is 0 Å². The number of thioether (sulfide) groups is 2. The van der Waals surface area contributed by atoms with Crippen LogP contribution in [-0.4, -0.2) is 180 Å². The van der Waals surface area contributed by atoms with Gasteiger partial charge in [0, 0.05) is 102 Å². The zero-order valence-corrected chi connectivity index (χ0v) is 55.9. The van der Waals surface area contributed by atoms with E-state index in [1.165, 1.54) is 108 Å². The summed E-state index contributed by atoms with van der Waals surface area (Å²) in [5.74, 6) is -10.6. The molecule has 1 fully saturated rings. The zero-order valence-electron chi connectivity index (χ0n) is 54.2. The van der Waals surface area contributed by atoms with E-state index in [0.29, 0.717) is 70.6 Å². The van der Waals surface area contributed by atoms with E-state index in [1.807, 2.05) is 24.3 Å². The monoisotopic (exact) mass is 1420 g/mol. The molecule has 530 valence electrons. The molecule has 32 heteroatoms. The molecule has 0 saturated carbocycles. The lowest BCUT2D eigenvalue weighted by Crippen LogP contribution is -2.61. The van der Waals surface area contributed by atoms with E-state index in [0.717, 1.165) is 17.2 Å². The van der Waals surface area contributed by atoms with Gasteiger partial charge in [-0.15, -0.1) is 0 Å². The SMILES string of the molecule is NCCCC[C@@H]1NC(=O)CCSCc2cccc(c2)CSC[C@@H](C(N)=O)NC(=O)[C@@H]2CCCN2C(=O)[C@H](Cc2ccc(O)cc2)NC(=O)[C@H](Cc2c[nH]cn2)NC(=O)[C@H](CC(=O)O)NC(=O)[C@H](Cc2c[nH]c3ccc(F)cc23)NC(=O)[C@H](Cc2c[nH]c3ccc(F)cc23)NC(=O)CNC1=O. The van der Waals surface area contributed by atoms with Crippen LogP contribution in [0.5, 0.6) is 5.75 Å². The summed E-state index contributed by atoms with van der Waals surface area (Å²) in [4.78, 5) is 170. The number of benzene rings is 4. The molecule has 17 N–H and O–H groups in total. The number of aromatic hydroxyl groups is 1. The molecule has 0 radical (unpaired) electrons. The standard InChI is InChI=1S/C68H79F2N15O13S2/c69-42-11-15-48-46(25-42)40(29-74-48)23-51-63(93)80-52(24-41-30-75-49-16-12-43(70)26-47(41)49)64(94)82-54(28-60(89)90)66(96)81-53(27-44-31-73-36-77-44)65(95)83-55(22-37-9-13-45(86)14-10-37)68(98)85-19-4-8-57(85)67(97)84-56(61(72)91)35-100-34-39-6-3-5-38(21-39)33-99-20-17-58(87)78-50(7-1-2-18-71)62(92)76-32-59(88)79-51/h3,5-6,9-16,21,25-26,29-31,36,50-57,74-75,86H,1-2,4,7-8,17-20,22-24,27-28,32-35,71H2,(H2,72,91)(H,73,77)(H,76,92)(H,78,87)(H,79,88)(H,80,93)(H,81,96)(H,82,94)(H,83,95)(H,84,97)(H,89,90)/t50-,51-,52-,53-,54-,55-,56-,57-/m0/s1. The molecule has 28 nitrogen and oxygen atoms in total. The third kappa shape index (κ3) is 20.9. The van der Waals surface area contributed by atoms with Crippen LogP contribution < -0.4 is 54.0 Å². The predicted molar refractivity (Wildman–Crippen MR) is 367 cm³/mol. The molecular formula is C68H79F2N15O13S2. The van der Waals surface area contributed by atoms with E-state index in [1.54, 1.807) is 0 Å². The van der Waals surface area contributed by atoms with E-state index >= 15 is 14.4 Å². The minimum Gasteiger partial charge on any atom is -0.508 e. The first-order valence-corrected chi connectivity index (χ1v) is 34.8. The number of carbonyl (C=O) groups excluding carboxylic acids is 10. The number of aromatic amines is 3. The van der Waals surface area contributed by atoms with Crippen LogP contribution >= 0.6 is 23.5 Å². The second kappa shape index (κ2) is 35.4. The highest BCUT2D eigenvalue weighted by molar-refractivity contribution is 7.98. The number of H-pyrrole nitrogens is 3. The second-order valence-electron chi connectivity index (χ2n) is 24.4. The van der Waals surface area contributed by atoms with Crippen molar-refractivity contribution < 1.29 is 71.7 Å². The van der Waals surface area contributed by atoms with E-state index in [-0.39, 0.29) is 66.8 Å². The Balaban J connectivity index is 1.05. The van der Waals surface area contributed by atoms with Crippen molar-refractivity contribution in [1.29, 1.82) is 0 Å². The van der Waals surface area contributed by atoms with Crippen LogP contribution in [-0.2, 0) is 89.9 Å². The number of nitrogens with zero attached hydrogens (tertiary/aromatic N) is 2. The Morgan fingerprint density at radius 3 is 1.82 bits per heavy atom. The average molecular weight is 1420 g/mol. The number of amides is 10. The first-order valence-electron chi connectivity index (χ1n) is 32.5. The highest BCUT2D eigenvalue weighted by atomic mass is 32.2. The number of nitrogens with two attached hydrogens (primary N) is 2. The number of imidazole rings is 1. The summed E-state index contributed by atoms with van der Waals surface area (Å²) in [6.45, 7) is -0.410. The first kappa shape index (κ1) is 73.9. The molecule has 4 aromatic carbocycles. The van der Waals surface area contributed by atoms with Gasteiger partial charge < -0.3 is 84.1 Å². The van der Waals surface area contributed by atoms with Crippen molar-refractivity contribution in [1.82, 2.24) is 67.4 Å².